The largest absolute Gasteiger partial charge is 0.456 e. The van der Waals surface area contributed by atoms with Crippen LogP contribution in [0.1, 0.15) is 19.3 Å². The number of nitrogens with one attached hydrogen (secondary N) is 1. The molecule has 5 heteroatoms. The number of benzene rings is 1. The lowest BCUT2D eigenvalue weighted by molar-refractivity contribution is -0.121. The molecule has 0 unspecified atom stereocenters. The van der Waals surface area contributed by atoms with Crippen LogP contribution in [-0.4, -0.2) is 35.4 Å². The van der Waals surface area contributed by atoms with E-state index in [-0.39, 0.29) is 11.9 Å². The number of anilines is 1. The van der Waals surface area contributed by atoms with Crippen LogP contribution in [0, 0.1) is 0 Å². The van der Waals surface area contributed by atoms with Gasteiger partial charge in [-0.15, -0.1) is 0 Å². The zero-order valence-electron chi connectivity index (χ0n) is 13.2. The molecule has 1 aliphatic rings. The van der Waals surface area contributed by atoms with Gasteiger partial charge in [0.25, 0.3) is 0 Å². The molecule has 1 aliphatic heterocycles. The molecule has 1 amide bonds. The third-order valence-corrected chi connectivity index (χ3v) is 4.07. The normalized spacial score (nSPS) is 18.4. The predicted molar refractivity (Wildman–Crippen MR) is 89.7 cm³/mol. The Kier molecular flexibility index (Phi) is 4.88. The van der Waals surface area contributed by atoms with Crippen LogP contribution in [0.2, 0.25) is 0 Å². The molecule has 0 aliphatic carbocycles. The van der Waals surface area contributed by atoms with Crippen molar-refractivity contribution in [2.45, 2.75) is 25.3 Å². The minimum absolute atomic E-state index is 0.0323. The van der Waals surface area contributed by atoms with Crippen LogP contribution in [0.5, 0.6) is 11.5 Å². The SMILES string of the molecule is CN1CCCC[C@H]1C(=O)Nc1ccc(Oc2cccnc2)cc1. The van der Waals surface area contributed by atoms with E-state index in [0.717, 1.165) is 25.1 Å². The zero-order valence-corrected chi connectivity index (χ0v) is 13.2. The van der Waals surface area contributed by atoms with Crippen LogP contribution in [-0.2, 0) is 4.79 Å². The van der Waals surface area contributed by atoms with Crippen molar-refractivity contribution in [2.75, 3.05) is 18.9 Å². The number of hydrogen-bond donors (Lipinski definition) is 1. The molecule has 3 rings (SSSR count). The van der Waals surface area contributed by atoms with Gasteiger partial charge in [-0.2, -0.15) is 0 Å². The third kappa shape index (κ3) is 4.07. The van der Waals surface area contributed by atoms with Crippen molar-refractivity contribution in [3.63, 3.8) is 0 Å². The fourth-order valence-corrected chi connectivity index (χ4v) is 2.78. The van der Waals surface area contributed by atoms with Gasteiger partial charge in [0.2, 0.25) is 5.91 Å². The molecule has 1 aromatic carbocycles. The summed E-state index contributed by atoms with van der Waals surface area (Å²) in [5, 5.41) is 2.98. The van der Waals surface area contributed by atoms with Crippen molar-refractivity contribution in [3.05, 3.63) is 48.8 Å². The number of hydrogen-bond acceptors (Lipinski definition) is 4. The van der Waals surface area contributed by atoms with E-state index in [1.165, 1.54) is 6.42 Å². The fourth-order valence-electron chi connectivity index (χ4n) is 2.78. The van der Waals surface area contributed by atoms with Crippen LogP contribution >= 0.6 is 0 Å². The first-order valence-corrected chi connectivity index (χ1v) is 7.91. The Bertz CT molecular complexity index is 643. The Hall–Kier alpha value is -2.40. The van der Waals surface area contributed by atoms with E-state index in [4.69, 9.17) is 4.74 Å². The standard InChI is InChI=1S/C18H21N3O2/c1-21-12-3-2-6-17(21)18(22)20-14-7-9-15(10-8-14)23-16-5-4-11-19-13-16/h4-5,7-11,13,17H,2-3,6,12H2,1H3,(H,20,22)/t17-/m0/s1. The third-order valence-electron chi connectivity index (χ3n) is 4.07. The van der Waals surface area contributed by atoms with Gasteiger partial charge in [0.15, 0.2) is 0 Å². The van der Waals surface area contributed by atoms with Crippen LogP contribution < -0.4 is 10.1 Å². The average molecular weight is 311 g/mol. The van der Waals surface area contributed by atoms with Gasteiger partial charge < -0.3 is 10.1 Å². The summed E-state index contributed by atoms with van der Waals surface area (Å²) in [5.41, 5.74) is 0.785. The molecule has 1 atom stereocenters. The van der Waals surface area contributed by atoms with E-state index in [2.05, 4.69) is 15.2 Å². The molecule has 0 radical (unpaired) electrons. The molecule has 1 N–H and O–H groups in total. The molecule has 120 valence electrons. The van der Waals surface area contributed by atoms with Crippen molar-refractivity contribution in [2.24, 2.45) is 0 Å². The Balaban J connectivity index is 1.60. The molecule has 1 fully saturated rings. The highest BCUT2D eigenvalue weighted by Crippen LogP contribution is 2.23. The smallest absolute Gasteiger partial charge is 0.241 e. The number of ether oxygens (including phenoxy) is 1. The minimum Gasteiger partial charge on any atom is -0.456 e. The summed E-state index contributed by atoms with van der Waals surface area (Å²) in [6.45, 7) is 0.982. The van der Waals surface area contributed by atoms with E-state index in [9.17, 15) is 4.79 Å². The highest BCUT2D eigenvalue weighted by atomic mass is 16.5. The van der Waals surface area contributed by atoms with Crippen molar-refractivity contribution in [1.82, 2.24) is 9.88 Å². The van der Waals surface area contributed by atoms with E-state index in [1.54, 1.807) is 12.4 Å². The molecule has 0 saturated carbocycles. The molecule has 23 heavy (non-hydrogen) atoms. The lowest BCUT2D eigenvalue weighted by atomic mass is 10.0. The maximum atomic E-state index is 12.4. The fraction of sp³-hybridized carbons (Fsp3) is 0.333. The first-order valence-electron chi connectivity index (χ1n) is 7.91. The Morgan fingerprint density at radius 1 is 1.22 bits per heavy atom. The summed E-state index contributed by atoms with van der Waals surface area (Å²) < 4.78 is 5.69. The van der Waals surface area contributed by atoms with E-state index in [0.29, 0.717) is 11.5 Å². The molecular formula is C18H21N3O2. The summed E-state index contributed by atoms with van der Waals surface area (Å²) in [6, 6.07) is 11.0. The Morgan fingerprint density at radius 3 is 2.74 bits per heavy atom. The number of carbonyl (C=O) groups excluding carboxylic acids is 1. The quantitative estimate of drug-likeness (QED) is 0.941. The molecule has 0 spiro atoms. The number of aromatic nitrogens is 1. The van der Waals surface area contributed by atoms with Crippen LogP contribution in [0.4, 0.5) is 5.69 Å². The van der Waals surface area contributed by atoms with Crippen LogP contribution in [0.15, 0.2) is 48.8 Å². The number of carbonyl (C=O) groups is 1. The average Bonchev–Trinajstić information content (AvgIpc) is 2.58. The predicted octanol–water partition coefficient (Wildman–Crippen LogP) is 3.30. The number of likely N-dealkylation sites (tertiary alicyclic amines) is 1. The summed E-state index contributed by atoms with van der Waals surface area (Å²) >= 11 is 0. The summed E-state index contributed by atoms with van der Waals surface area (Å²) in [7, 11) is 2.01. The van der Waals surface area contributed by atoms with Crippen molar-refractivity contribution in [3.8, 4) is 11.5 Å². The number of amides is 1. The van der Waals surface area contributed by atoms with Gasteiger partial charge in [0.1, 0.15) is 11.5 Å². The second-order valence-electron chi connectivity index (χ2n) is 5.80. The molecule has 1 saturated heterocycles. The van der Waals surface area contributed by atoms with Crippen molar-refractivity contribution < 1.29 is 9.53 Å². The summed E-state index contributed by atoms with van der Waals surface area (Å²) in [4.78, 5) is 18.5. The molecule has 5 nitrogen and oxygen atoms in total. The van der Waals surface area contributed by atoms with Gasteiger partial charge in [0.05, 0.1) is 12.2 Å². The number of pyridine rings is 1. The minimum atomic E-state index is -0.0323. The number of nitrogens with zero attached hydrogens (tertiary/aromatic N) is 2. The van der Waals surface area contributed by atoms with E-state index < -0.39 is 0 Å². The maximum absolute atomic E-state index is 12.4. The zero-order chi connectivity index (χ0) is 16.1. The lowest BCUT2D eigenvalue weighted by Gasteiger charge is -2.31. The number of rotatable bonds is 4. The van der Waals surface area contributed by atoms with Gasteiger partial charge in [-0.05, 0) is 62.8 Å². The Morgan fingerprint density at radius 2 is 2.04 bits per heavy atom. The van der Waals surface area contributed by atoms with Crippen LogP contribution in [0.25, 0.3) is 0 Å². The first kappa shape index (κ1) is 15.5. The number of piperidine rings is 1. The monoisotopic (exact) mass is 311 g/mol. The van der Waals surface area contributed by atoms with Gasteiger partial charge in [-0.25, -0.2) is 0 Å². The molecule has 2 heterocycles. The van der Waals surface area contributed by atoms with Gasteiger partial charge in [0, 0.05) is 11.9 Å². The Labute approximate surface area is 136 Å². The van der Waals surface area contributed by atoms with Gasteiger partial charge in [-0.1, -0.05) is 6.42 Å². The first-order chi connectivity index (χ1) is 11.2. The van der Waals surface area contributed by atoms with Crippen molar-refractivity contribution >= 4 is 11.6 Å². The highest BCUT2D eigenvalue weighted by Gasteiger charge is 2.25. The molecule has 1 aromatic heterocycles. The maximum Gasteiger partial charge on any atom is 0.241 e. The van der Waals surface area contributed by atoms with Crippen molar-refractivity contribution in [1.29, 1.82) is 0 Å². The molecular weight excluding hydrogens is 290 g/mol. The van der Waals surface area contributed by atoms with Crippen LogP contribution in [0.3, 0.4) is 0 Å². The van der Waals surface area contributed by atoms with E-state index in [1.807, 2.05) is 43.4 Å². The summed E-state index contributed by atoms with van der Waals surface area (Å²) in [5.74, 6) is 1.46. The molecule has 2 aromatic rings. The van der Waals surface area contributed by atoms with E-state index >= 15 is 0 Å². The molecule has 0 bridgehead atoms. The highest BCUT2D eigenvalue weighted by molar-refractivity contribution is 5.94. The van der Waals surface area contributed by atoms with Gasteiger partial charge >= 0.3 is 0 Å². The topological polar surface area (TPSA) is 54.5 Å². The van der Waals surface area contributed by atoms with Gasteiger partial charge in [-0.3, -0.25) is 14.7 Å². The summed E-state index contributed by atoms with van der Waals surface area (Å²) in [6.07, 6.45) is 6.56. The second kappa shape index (κ2) is 7.24. The second-order valence-corrected chi connectivity index (χ2v) is 5.80. The lowest BCUT2D eigenvalue weighted by Crippen LogP contribution is -2.44. The number of likely N-dealkylation sites (N-methyl/N-ethyl adjacent to an activating group) is 1.